The minimum absolute atomic E-state index is 0.0425. The minimum atomic E-state index is -0.596. The molecule has 5 nitrogen and oxygen atoms in total. The van der Waals surface area contributed by atoms with Crippen LogP contribution in [0.15, 0.2) is 42.5 Å². The second-order valence-corrected chi connectivity index (χ2v) is 8.73. The molecule has 0 amide bonds. The third-order valence-electron chi connectivity index (χ3n) is 5.57. The number of fused-ring (bicyclic) bond motifs is 1. The van der Waals surface area contributed by atoms with E-state index in [0.717, 1.165) is 43.2 Å². The Balaban J connectivity index is 1.35. The molecule has 2 aromatic rings. The highest BCUT2D eigenvalue weighted by Gasteiger charge is 2.26. The Hall–Kier alpha value is -2.31. The summed E-state index contributed by atoms with van der Waals surface area (Å²) < 4.78 is 25.2. The first-order valence-electron chi connectivity index (χ1n) is 10.2. The van der Waals surface area contributed by atoms with E-state index < -0.39 is 6.10 Å². The van der Waals surface area contributed by atoms with Crippen molar-refractivity contribution in [2.45, 2.75) is 20.0 Å². The summed E-state index contributed by atoms with van der Waals surface area (Å²) in [6.07, 6.45) is -0.596. The van der Waals surface area contributed by atoms with Crippen LogP contribution in [0.4, 0.5) is 10.1 Å². The van der Waals surface area contributed by atoms with E-state index in [4.69, 9.17) is 9.47 Å². The van der Waals surface area contributed by atoms with Crippen LogP contribution in [0.1, 0.15) is 25.5 Å². The van der Waals surface area contributed by atoms with Crippen LogP contribution in [0.25, 0.3) is 0 Å². The van der Waals surface area contributed by atoms with Crippen molar-refractivity contribution in [3.8, 4) is 11.5 Å². The Morgan fingerprint density at radius 3 is 2.45 bits per heavy atom. The monoisotopic (exact) mass is 400 g/mol. The zero-order valence-electron chi connectivity index (χ0n) is 17.1. The molecular formula is C23H29FN2O3. The van der Waals surface area contributed by atoms with E-state index in [1.54, 1.807) is 12.1 Å². The van der Waals surface area contributed by atoms with Crippen LogP contribution in [0, 0.1) is 11.2 Å². The maximum atomic E-state index is 13.5. The van der Waals surface area contributed by atoms with Gasteiger partial charge in [-0.15, -0.1) is 0 Å². The predicted octanol–water partition coefficient (Wildman–Crippen LogP) is 3.48. The van der Waals surface area contributed by atoms with Crippen LogP contribution < -0.4 is 14.4 Å². The lowest BCUT2D eigenvalue weighted by molar-refractivity contribution is 0.109. The molecule has 0 radical (unpaired) electrons. The summed E-state index contributed by atoms with van der Waals surface area (Å²) >= 11 is 0. The number of halogens is 1. The first kappa shape index (κ1) is 20.0. The van der Waals surface area contributed by atoms with E-state index >= 15 is 0 Å². The molecule has 0 aliphatic carbocycles. The first-order chi connectivity index (χ1) is 13.9. The second kappa shape index (κ2) is 8.20. The molecule has 0 spiro atoms. The van der Waals surface area contributed by atoms with Gasteiger partial charge in [-0.1, -0.05) is 26.0 Å². The highest BCUT2D eigenvalue weighted by atomic mass is 19.1. The number of rotatable bonds is 4. The highest BCUT2D eigenvalue weighted by molar-refractivity contribution is 5.47. The van der Waals surface area contributed by atoms with Crippen LogP contribution in [-0.2, 0) is 0 Å². The van der Waals surface area contributed by atoms with Crippen molar-refractivity contribution in [2.75, 3.05) is 50.8 Å². The van der Waals surface area contributed by atoms with E-state index in [0.29, 0.717) is 25.5 Å². The van der Waals surface area contributed by atoms with Gasteiger partial charge < -0.3 is 19.5 Å². The minimum Gasteiger partial charge on any atom is -0.489 e. The second-order valence-electron chi connectivity index (χ2n) is 8.73. The summed E-state index contributed by atoms with van der Waals surface area (Å²) in [5, 5.41) is 10.8. The third kappa shape index (κ3) is 4.82. The summed E-state index contributed by atoms with van der Waals surface area (Å²) in [5.41, 5.74) is 1.70. The number of benzene rings is 2. The standard InChI is InChI=1S/C23H29FN2O3/c1-23(2)15-28-21-7-6-17(12-22(21)29-16-23)20(27)14-25-8-10-26(11-9-25)19-5-3-4-18(24)13-19/h3-7,12-13,20,27H,8-11,14-16H2,1-2H3. The molecule has 1 fully saturated rings. The molecular weight excluding hydrogens is 371 g/mol. The molecule has 1 unspecified atom stereocenters. The largest absolute Gasteiger partial charge is 0.489 e. The summed E-state index contributed by atoms with van der Waals surface area (Å²) in [5.74, 6) is 1.22. The third-order valence-corrected chi connectivity index (χ3v) is 5.57. The van der Waals surface area contributed by atoms with Gasteiger partial charge in [0.1, 0.15) is 5.82 Å². The molecule has 0 aromatic heterocycles. The predicted molar refractivity (Wildman–Crippen MR) is 111 cm³/mol. The molecule has 4 rings (SSSR count). The number of ether oxygens (including phenoxy) is 2. The van der Waals surface area contributed by atoms with Crippen LogP contribution in [0.3, 0.4) is 0 Å². The number of aliphatic hydroxyl groups excluding tert-OH is 1. The number of piperazine rings is 1. The highest BCUT2D eigenvalue weighted by Crippen LogP contribution is 2.35. The van der Waals surface area contributed by atoms with Crippen molar-refractivity contribution in [3.05, 3.63) is 53.8 Å². The van der Waals surface area contributed by atoms with Gasteiger partial charge in [0.2, 0.25) is 0 Å². The van der Waals surface area contributed by atoms with Crippen molar-refractivity contribution >= 4 is 5.69 Å². The number of β-amino-alcohol motifs (C(OH)–C–C–N with tert-alkyl or cyclic N) is 1. The molecule has 2 aromatic carbocycles. The van der Waals surface area contributed by atoms with E-state index in [2.05, 4.69) is 23.6 Å². The van der Waals surface area contributed by atoms with Crippen molar-refractivity contribution < 1.29 is 19.0 Å². The average molecular weight is 400 g/mol. The molecule has 1 atom stereocenters. The number of nitrogens with zero attached hydrogens (tertiary/aromatic N) is 2. The average Bonchev–Trinajstić information content (AvgIpc) is 2.86. The Bertz CT molecular complexity index is 850. The normalized spacial score (nSPS) is 20.2. The summed E-state index contributed by atoms with van der Waals surface area (Å²) in [7, 11) is 0. The lowest BCUT2D eigenvalue weighted by Gasteiger charge is -2.37. The molecule has 2 heterocycles. The SMILES string of the molecule is CC1(C)COc2ccc(C(O)CN3CCN(c4cccc(F)c4)CC3)cc2OC1. The van der Waals surface area contributed by atoms with E-state index in [1.165, 1.54) is 6.07 Å². The Kier molecular flexibility index (Phi) is 5.65. The van der Waals surface area contributed by atoms with Gasteiger partial charge in [-0.2, -0.15) is 0 Å². The molecule has 2 aliphatic heterocycles. The van der Waals surface area contributed by atoms with Gasteiger partial charge >= 0.3 is 0 Å². The topological polar surface area (TPSA) is 45.2 Å². The summed E-state index contributed by atoms with van der Waals surface area (Å²) in [6.45, 7) is 9.24. The van der Waals surface area contributed by atoms with Gasteiger partial charge in [0.05, 0.1) is 19.3 Å². The van der Waals surface area contributed by atoms with Gasteiger partial charge in [0.15, 0.2) is 11.5 Å². The number of aliphatic hydroxyl groups is 1. The molecule has 29 heavy (non-hydrogen) atoms. The van der Waals surface area contributed by atoms with Crippen molar-refractivity contribution in [1.82, 2.24) is 4.90 Å². The fourth-order valence-corrected chi connectivity index (χ4v) is 3.76. The van der Waals surface area contributed by atoms with Gasteiger partial charge in [-0.05, 0) is 35.9 Å². The zero-order chi connectivity index (χ0) is 20.4. The van der Waals surface area contributed by atoms with Crippen LogP contribution in [0.2, 0.25) is 0 Å². The molecule has 0 saturated carbocycles. The maximum Gasteiger partial charge on any atom is 0.161 e. The van der Waals surface area contributed by atoms with Crippen LogP contribution in [-0.4, -0.2) is 55.9 Å². The quantitative estimate of drug-likeness (QED) is 0.851. The van der Waals surface area contributed by atoms with Gasteiger partial charge in [-0.25, -0.2) is 4.39 Å². The molecule has 6 heteroatoms. The van der Waals surface area contributed by atoms with Crippen LogP contribution in [0.5, 0.6) is 11.5 Å². The summed E-state index contributed by atoms with van der Waals surface area (Å²) in [6, 6.07) is 12.4. The van der Waals surface area contributed by atoms with E-state index in [1.807, 2.05) is 24.3 Å². The first-order valence-corrected chi connectivity index (χ1v) is 10.2. The molecule has 1 N–H and O–H groups in total. The fourth-order valence-electron chi connectivity index (χ4n) is 3.76. The molecule has 156 valence electrons. The molecule has 1 saturated heterocycles. The number of hydrogen-bond acceptors (Lipinski definition) is 5. The van der Waals surface area contributed by atoms with Crippen molar-refractivity contribution in [3.63, 3.8) is 0 Å². The van der Waals surface area contributed by atoms with Gasteiger partial charge in [-0.3, -0.25) is 4.90 Å². The van der Waals surface area contributed by atoms with Crippen molar-refractivity contribution in [2.24, 2.45) is 5.41 Å². The lowest BCUT2D eigenvalue weighted by atomic mass is 9.97. The van der Waals surface area contributed by atoms with E-state index in [9.17, 15) is 9.50 Å². The maximum absolute atomic E-state index is 13.5. The van der Waals surface area contributed by atoms with Crippen LogP contribution >= 0.6 is 0 Å². The Labute approximate surface area is 171 Å². The van der Waals surface area contributed by atoms with Crippen molar-refractivity contribution in [1.29, 1.82) is 0 Å². The van der Waals surface area contributed by atoms with Gasteiger partial charge in [0, 0.05) is 43.8 Å². The Morgan fingerprint density at radius 1 is 1.00 bits per heavy atom. The molecule has 0 bridgehead atoms. The van der Waals surface area contributed by atoms with E-state index in [-0.39, 0.29) is 11.2 Å². The summed E-state index contributed by atoms with van der Waals surface area (Å²) in [4.78, 5) is 4.42. The zero-order valence-corrected chi connectivity index (χ0v) is 17.1. The van der Waals surface area contributed by atoms with Gasteiger partial charge in [0.25, 0.3) is 0 Å². The number of anilines is 1. The smallest absolute Gasteiger partial charge is 0.161 e. The molecule has 2 aliphatic rings. The fraction of sp³-hybridized carbons (Fsp3) is 0.478. The number of hydrogen-bond donors (Lipinski definition) is 1. The Morgan fingerprint density at radius 2 is 1.72 bits per heavy atom. The lowest BCUT2D eigenvalue weighted by Crippen LogP contribution is -2.47.